The van der Waals surface area contributed by atoms with Gasteiger partial charge in [-0.1, -0.05) is 11.3 Å². The summed E-state index contributed by atoms with van der Waals surface area (Å²) < 4.78 is 0.970. The molecule has 19 heavy (non-hydrogen) atoms. The monoisotopic (exact) mass is 278 g/mol. The molecule has 2 heterocycles. The van der Waals surface area contributed by atoms with Crippen LogP contribution in [0.15, 0.2) is 18.2 Å². The molecular weight excluding hydrogens is 264 g/mol. The van der Waals surface area contributed by atoms with Gasteiger partial charge < -0.3 is 10.6 Å². The fraction of sp³-hybridized carbons (Fsp3) is 0.417. The van der Waals surface area contributed by atoms with Gasteiger partial charge in [-0.05, 0) is 31.5 Å². The first-order valence-electron chi connectivity index (χ1n) is 6.22. The fourth-order valence-corrected chi connectivity index (χ4v) is 3.08. The van der Waals surface area contributed by atoms with Gasteiger partial charge in [0.15, 0.2) is 5.13 Å². The van der Waals surface area contributed by atoms with Crippen molar-refractivity contribution in [1.29, 1.82) is 0 Å². The van der Waals surface area contributed by atoms with Crippen LogP contribution in [-0.2, 0) is 0 Å². The molecule has 1 aromatic carbocycles. The molecule has 1 aromatic heterocycles. The third kappa shape index (κ3) is 2.66. The van der Waals surface area contributed by atoms with Crippen LogP contribution in [0.25, 0.3) is 10.2 Å². The van der Waals surface area contributed by atoms with E-state index in [9.17, 15) is 10.1 Å². The summed E-state index contributed by atoms with van der Waals surface area (Å²) in [5.41, 5.74) is 0.774. The van der Waals surface area contributed by atoms with Gasteiger partial charge in [0, 0.05) is 18.7 Å². The van der Waals surface area contributed by atoms with Gasteiger partial charge in [0.1, 0.15) is 0 Å². The summed E-state index contributed by atoms with van der Waals surface area (Å²) in [6, 6.07) is 4.80. The van der Waals surface area contributed by atoms with E-state index in [0.29, 0.717) is 11.4 Å². The van der Waals surface area contributed by atoms with Gasteiger partial charge in [-0.3, -0.25) is 10.1 Å². The lowest BCUT2D eigenvalue weighted by Crippen LogP contribution is -2.16. The predicted octanol–water partition coefficient (Wildman–Crippen LogP) is 2.23. The first-order valence-corrected chi connectivity index (χ1v) is 7.03. The molecular formula is C12H14N4O2S. The maximum atomic E-state index is 10.7. The number of aromatic nitrogens is 1. The van der Waals surface area contributed by atoms with Crippen molar-refractivity contribution in [2.45, 2.75) is 6.42 Å². The number of anilines is 1. The van der Waals surface area contributed by atoms with Gasteiger partial charge in [-0.15, -0.1) is 0 Å². The van der Waals surface area contributed by atoms with Crippen LogP contribution in [0.4, 0.5) is 10.8 Å². The van der Waals surface area contributed by atoms with Gasteiger partial charge in [-0.2, -0.15) is 0 Å². The van der Waals surface area contributed by atoms with E-state index in [1.165, 1.54) is 29.9 Å². The Morgan fingerprint density at radius 1 is 1.58 bits per heavy atom. The van der Waals surface area contributed by atoms with Crippen molar-refractivity contribution in [1.82, 2.24) is 10.3 Å². The molecule has 1 unspecified atom stereocenters. The molecule has 0 saturated carbocycles. The van der Waals surface area contributed by atoms with E-state index in [4.69, 9.17) is 0 Å². The molecule has 2 aromatic rings. The summed E-state index contributed by atoms with van der Waals surface area (Å²) in [5.74, 6) is 0.640. The fourth-order valence-electron chi connectivity index (χ4n) is 2.23. The lowest BCUT2D eigenvalue weighted by molar-refractivity contribution is -0.384. The molecule has 1 atom stereocenters. The number of rotatable bonds is 4. The van der Waals surface area contributed by atoms with Crippen LogP contribution in [0.3, 0.4) is 0 Å². The van der Waals surface area contributed by atoms with Crippen LogP contribution in [-0.4, -0.2) is 29.5 Å². The predicted molar refractivity (Wildman–Crippen MR) is 75.7 cm³/mol. The van der Waals surface area contributed by atoms with E-state index in [0.717, 1.165) is 29.5 Å². The number of fused-ring (bicyclic) bond motifs is 1. The van der Waals surface area contributed by atoms with Crippen LogP contribution in [0.5, 0.6) is 0 Å². The van der Waals surface area contributed by atoms with E-state index < -0.39 is 4.92 Å². The summed E-state index contributed by atoms with van der Waals surface area (Å²) in [4.78, 5) is 14.7. The van der Waals surface area contributed by atoms with Crippen LogP contribution in [0.1, 0.15) is 6.42 Å². The molecule has 0 aliphatic carbocycles. The van der Waals surface area contributed by atoms with Crippen molar-refractivity contribution in [3.63, 3.8) is 0 Å². The molecule has 0 radical (unpaired) electrons. The number of hydrogen-bond donors (Lipinski definition) is 2. The number of nitro benzene ring substituents is 1. The largest absolute Gasteiger partial charge is 0.361 e. The van der Waals surface area contributed by atoms with Gasteiger partial charge in [-0.25, -0.2) is 4.98 Å². The first kappa shape index (κ1) is 12.3. The second-order valence-corrected chi connectivity index (χ2v) is 5.70. The Morgan fingerprint density at radius 2 is 2.47 bits per heavy atom. The van der Waals surface area contributed by atoms with Gasteiger partial charge in [0.25, 0.3) is 5.69 Å². The number of nitrogens with zero attached hydrogens (tertiary/aromatic N) is 2. The maximum absolute atomic E-state index is 10.7. The molecule has 3 rings (SSSR count). The van der Waals surface area contributed by atoms with Crippen molar-refractivity contribution in [3.8, 4) is 0 Å². The van der Waals surface area contributed by atoms with E-state index in [2.05, 4.69) is 15.6 Å². The highest BCUT2D eigenvalue weighted by molar-refractivity contribution is 7.22. The van der Waals surface area contributed by atoms with E-state index in [1.54, 1.807) is 6.07 Å². The van der Waals surface area contributed by atoms with E-state index in [1.807, 2.05) is 0 Å². The number of nitro groups is 1. The molecule has 1 aliphatic rings. The zero-order valence-corrected chi connectivity index (χ0v) is 11.1. The van der Waals surface area contributed by atoms with Crippen LogP contribution >= 0.6 is 11.3 Å². The Balaban J connectivity index is 1.75. The molecule has 0 amide bonds. The molecule has 7 heteroatoms. The minimum Gasteiger partial charge on any atom is -0.361 e. The zero-order chi connectivity index (χ0) is 13.2. The topological polar surface area (TPSA) is 80.1 Å². The molecule has 0 spiro atoms. The SMILES string of the molecule is O=[N+]([O-])c1ccc2sc(NCC3CCNC3)nc2c1. The van der Waals surface area contributed by atoms with Gasteiger partial charge in [0.2, 0.25) is 0 Å². The Hall–Kier alpha value is -1.73. The normalized spacial score (nSPS) is 18.8. The molecule has 1 aliphatic heterocycles. The summed E-state index contributed by atoms with van der Waals surface area (Å²) in [7, 11) is 0. The second kappa shape index (κ2) is 5.10. The van der Waals surface area contributed by atoms with Gasteiger partial charge in [0.05, 0.1) is 15.1 Å². The molecule has 100 valence electrons. The quantitative estimate of drug-likeness (QED) is 0.662. The first-order chi connectivity index (χ1) is 9.22. The van der Waals surface area contributed by atoms with E-state index >= 15 is 0 Å². The zero-order valence-electron chi connectivity index (χ0n) is 10.3. The smallest absolute Gasteiger partial charge is 0.271 e. The highest BCUT2D eigenvalue weighted by Crippen LogP contribution is 2.29. The van der Waals surface area contributed by atoms with Crippen molar-refractivity contribution in [2.75, 3.05) is 25.0 Å². The number of benzene rings is 1. The lowest BCUT2D eigenvalue weighted by Gasteiger charge is -2.07. The van der Waals surface area contributed by atoms with Crippen LogP contribution < -0.4 is 10.6 Å². The molecule has 0 bridgehead atoms. The number of thiazole rings is 1. The summed E-state index contributed by atoms with van der Waals surface area (Å²) in [6.07, 6.45) is 1.18. The summed E-state index contributed by atoms with van der Waals surface area (Å²) in [6.45, 7) is 3.02. The van der Waals surface area contributed by atoms with Crippen LogP contribution in [0.2, 0.25) is 0 Å². The standard InChI is InChI=1S/C12H14N4O2S/c17-16(18)9-1-2-11-10(5-9)15-12(19-11)14-7-8-3-4-13-6-8/h1-2,5,8,13H,3-4,6-7H2,(H,14,15). The average Bonchev–Trinajstić information content (AvgIpc) is 3.04. The summed E-state index contributed by atoms with van der Waals surface area (Å²) in [5, 5.41) is 18.2. The number of non-ortho nitro benzene ring substituents is 1. The maximum Gasteiger partial charge on any atom is 0.271 e. The van der Waals surface area contributed by atoms with Crippen molar-refractivity contribution >= 4 is 32.4 Å². The Labute approximate surface area is 114 Å². The van der Waals surface area contributed by atoms with Crippen molar-refractivity contribution in [3.05, 3.63) is 28.3 Å². The van der Waals surface area contributed by atoms with E-state index in [-0.39, 0.29) is 5.69 Å². The van der Waals surface area contributed by atoms with Crippen molar-refractivity contribution < 1.29 is 4.92 Å². The van der Waals surface area contributed by atoms with Gasteiger partial charge >= 0.3 is 0 Å². The Morgan fingerprint density at radius 3 is 3.21 bits per heavy atom. The number of hydrogen-bond acceptors (Lipinski definition) is 6. The van der Waals surface area contributed by atoms with Crippen LogP contribution in [0, 0.1) is 16.0 Å². The molecule has 2 N–H and O–H groups in total. The third-order valence-electron chi connectivity index (χ3n) is 3.29. The second-order valence-electron chi connectivity index (χ2n) is 4.67. The number of nitrogens with one attached hydrogen (secondary N) is 2. The lowest BCUT2D eigenvalue weighted by atomic mass is 10.1. The molecule has 1 saturated heterocycles. The highest BCUT2D eigenvalue weighted by Gasteiger charge is 2.15. The highest BCUT2D eigenvalue weighted by atomic mass is 32.1. The minimum absolute atomic E-state index is 0.0874. The Kier molecular flexibility index (Phi) is 3.31. The Bertz CT molecular complexity index is 607. The molecule has 1 fully saturated rings. The average molecular weight is 278 g/mol. The van der Waals surface area contributed by atoms with Crippen molar-refractivity contribution in [2.24, 2.45) is 5.92 Å². The summed E-state index contributed by atoms with van der Waals surface area (Å²) >= 11 is 1.54. The minimum atomic E-state index is -0.393. The third-order valence-corrected chi connectivity index (χ3v) is 4.28. The molecule has 6 nitrogen and oxygen atoms in total.